The van der Waals surface area contributed by atoms with Crippen molar-refractivity contribution in [3.8, 4) is 17.5 Å². The van der Waals surface area contributed by atoms with Crippen LogP contribution >= 0.6 is 0 Å². The Balaban J connectivity index is 1.88. The third-order valence-corrected chi connectivity index (χ3v) is 3.98. The first-order valence-electron chi connectivity index (χ1n) is 8.05. The lowest BCUT2D eigenvalue weighted by molar-refractivity contribution is 0.0957. The van der Waals surface area contributed by atoms with Gasteiger partial charge in [-0.15, -0.1) is 0 Å². The average Bonchev–Trinajstić information content (AvgIpc) is 3.10. The van der Waals surface area contributed by atoms with Crippen LogP contribution in [0.1, 0.15) is 32.7 Å². The van der Waals surface area contributed by atoms with Crippen molar-refractivity contribution in [3.63, 3.8) is 0 Å². The van der Waals surface area contributed by atoms with E-state index >= 15 is 0 Å². The Kier molecular flexibility index (Phi) is 4.67. The van der Waals surface area contributed by atoms with Crippen LogP contribution in [0.15, 0.2) is 54.7 Å². The highest BCUT2D eigenvalue weighted by Crippen LogP contribution is 2.16. The molecular weight excluding hydrogens is 310 g/mol. The van der Waals surface area contributed by atoms with Crippen LogP contribution in [-0.4, -0.2) is 22.7 Å². The van der Waals surface area contributed by atoms with Crippen molar-refractivity contribution < 1.29 is 4.79 Å². The summed E-state index contributed by atoms with van der Waals surface area (Å²) < 4.78 is 1.71. The van der Waals surface area contributed by atoms with Crippen LogP contribution < -0.4 is 5.32 Å². The summed E-state index contributed by atoms with van der Waals surface area (Å²) in [6.07, 6.45) is 1.78. The molecule has 0 spiro atoms. The lowest BCUT2D eigenvalue weighted by Crippen LogP contribution is -2.18. The summed E-state index contributed by atoms with van der Waals surface area (Å²) >= 11 is 0. The Morgan fingerprint density at radius 1 is 1.04 bits per heavy atom. The topological polar surface area (TPSA) is 46.9 Å². The Labute approximate surface area is 147 Å². The van der Waals surface area contributed by atoms with Crippen LogP contribution in [0.5, 0.6) is 0 Å². The van der Waals surface area contributed by atoms with Crippen LogP contribution in [0.2, 0.25) is 0 Å². The normalized spacial score (nSPS) is 10.0. The number of carbonyl (C=O) groups is 1. The maximum atomic E-state index is 11.6. The van der Waals surface area contributed by atoms with Gasteiger partial charge in [0.15, 0.2) is 5.69 Å². The summed E-state index contributed by atoms with van der Waals surface area (Å²) in [7, 11) is 1.59. The van der Waals surface area contributed by atoms with E-state index < -0.39 is 0 Å². The minimum absolute atomic E-state index is 0.197. The Bertz CT molecular complexity index is 990. The van der Waals surface area contributed by atoms with Gasteiger partial charge in [-0.3, -0.25) is 4.79 Å². The summed E-state index contributed by atoms with van der Waals surface area (Å²) in [5.74, 6) is 6.23. The predicted octanol–water partition coefficient (Wildman–Crippen LogP) is 3.25. The summed E-state index contributed by atoms with van der Waals surface area (Å²) in [6.45, 7) is 4.07. The van der Waals surface area contributed by atoms with Gasteiger partial charge >= 0.3 is 0 Å². The molecule has 124 valence electrons. The molecule has 0 saturated heterocycles. The Morgan fingerprint density at radius 2 is 1.84 bits per heavy atom. The zero-order chi connectivity index (χ0) is 17.8. The monoisotopic (exact) mass is 329 g/mol. The number of nitrogens with zero attached hydrogens (tertiary/aromatic N) is 2. The minimum atomic E-state index is -0.197. The van der Waals surface area contributed by atoms with Gasteiger partial charge in [-0.25, -0.2) is 4.68 Å². The number of amides is 1. The molecule has 25 heavy (non-hydrogen) atoms. The van der Waals surface area contributed by atoms with Gasteiger partial charge in [-0.05, 0) is 55.3 Å². The number of hydrogen-bond donors (Lipinski definition) is 1. The van der Waals surface area contributed by atoms with E-state index in [1.807, 2.05) is 43.3 Å². The fourth-order valence-corrected chi connectivity index (χ4v) is 2.55. The molecule has 2 aromatic carbocycles. The first kappa shape index (κ1) is 16.5. The molecule has 0 atom stereocenters. The van der Waals surface area contributed by atoms with Gasteiger partial charge in [0.1, 0.15) is 0 Å². The Hall–Kier alpha value is -3.32. The molecule has 3 rings (SSSR count). The van der Waals surface area contributed by atoms with Gasteiger partial charge in [0.2, 0.25) is 0 Å². The summed E-state index contributed by atoms with van der Waals surface area (Å²) in [5.41, 5.74) is 5.52. The highest BCUT2D eigenvalue weighted by Gasteiger charge is 2.09. The molecule has 0 bridgehead atoms. The number of aromatic nitrogens is 2. The number of rotatable bonds is 2. The van der Waals surface area contributed by atoms with E-state index in [0.29, 0.717) is 5.69 Å². The molecule has 0 saturated carbocycles. The number of carbonyl (C=O) groups excluding carboxylic acids is 1. The van der Waals surface area contributed by atoms with Crippen LogP contribution in [0.25, 0.3) is 5.69 Å². The van der Waals surface area contributed by atoms with E-state index in [2.05, 4.69) is 35.2 Å². The van der Waals surface area contributed by atoms with E-state index in [9.17, 15) is 4.79 Å². The number of benzene rings is 2. The SMILES string of the molecule is CNC(=O)c1ccn(-c2ccc(C#Cc3ccccc3C)cc2C)n1. The molecule has 1 N–H and O–H groups in total. The van der Waals surface area contributed by atoms with Crippen molar-refractivity contribution in [1.29, 1.82) is 0 Å². The van der Waals surface area contributed by atoms with Gasteiger partial charge in [0.25, 0.3) is 5.91 Å². The van der Waals surface area contributed by atoms with E-state index in [-0.39, 0.29) is 5.91 Å². The molecule has 1 heterocycles. The van der Waals surface area contributed by atoms with E-state index in [1.54, 1.807) is 24.0 Å². The van der Waals surface area contributed by atoms with Crippen LogP contribution in [0.3, 0.4) is 0 Å². The molecule has 0 unspecified atom stereocenters. The molecule has 1 amide bonds. The van der Waals surface area contributed by atoms with Crippen molar-refractivity contribution in [1.82, 2.24) is 15.1 Å². The fourth-order valence-electron chi connectivity index (χ4n) is 2.55. The van der Waals surface area contributed by atoms with E-state index in [4.69, 9.17) is 0 Å². The predicted molar refractivity (Wildman–Crippen MR) is 98.9 cm³/mol. The third-order valence-electron chi connectivity index (χ3n) is 3.98. The lowest BCUT2D eigenvalue weighted by Gasteiger charge is -2.06. The van der Waals surface area contributed by atoms with Crippen molar-refractivity contribution in [3.05, 3.63) is 82.7 Å². The van der Waals surface area contributed by atoms with Crippen molar-refractivity contribution in [2.75, 3.05) is 7.05 Å². The molecule has 4 heteroatoms. The summed E-state index contributed by atoms with van der Waals surface area (Å²) in [4.78, 5) is 11.6. The minimum Gasteiger partial charge on any atom is -0.354 e. The van der Waals surface area contributed by atoms with E-state index in [0.717, 1.165) is 22.4 Å². The highest BCUT2D eigenvalue weighted by atomic mass is 16.1. The fraction of sp³-hybridized carbons (Fsp3) is 0.143. The van der Waals surface area contributed by atoms with Gasteiger partial charge < -0.3 is 5.32 Å². The van der Waals surface area contributed by atoms with Crippen LogP contribution in [0.4, 0.5) is 0 Å². The molecule has 0 fully saturated rings. The van der Waals surface area contributed by atoms with Crippen LogP contribution in [-0.2, 0) is 0 Å². The number of aryl methyl sites for hydroxylation is 2. The average molecular weight is 329 g/mol. The third kappa shape index (κ3) is 3.61. The standard InChI is InChI=1S/C21H19N3O/c1-15-6-4-5-7-18(15)10-8-17-9-11-20(16(2)14-17)24-13-12-19(23-24)21(25)22-3/h4-7,9,11-14H,1-3H3,(H,22,25). The molecule has 4 nitrogen and oxygen atoms in total. The first-order valence-corrected chi connectivity index (χ1v) is 8.05. The zero-order valence-corrected chi connectivity index (χ0v) is 14.5. The highest BCUT2D eigenvalue weighted by molar-refractivity contribution is 5.91. The van der Waals surface area contributed by atoms with Crippen molar-refractivity contribution in [2.24, 2.45) is 0 Å². The van der Waals surface area contributed by atoms with Crippen molar-refractivity contribution >= 4 is 5.91 Å². The summed E-state index contributed by atoms with van der Waals surface area (Å²) in [6, 6.07) is 15.7. The largest absolute Gasteiger partial charge is 0.354 e. The summed E-state index contributed by atoms with van der Waals surface area (Å²) in [5, 5.41) is 6.89. The van der Waals surface area contributed by atoms with E-state index in [1.165, 1.54) is 5.56 Å². The second kappa shape index (κ2) is 7.06. The maximum absolute atomic E-state index is 11.6. The molecule has 1 aromatic heterocycles. The van der Waals surface area contributed by atoms with Crippen molar-refractivity contribution in [2.45, 2.75) is 13.8 Å². The molecule has 3 aromatic rings. The first-order chi connectivity index (χ1) is 12.1. The smallest absolute Gasteiger partial charge is 0.271 e. The van der Waals surface area contributed by atoms with Gasteiger partial charge in [-0.2, -0.15) is 5.10 Å². The number of nitrogens with one attached hydrogen (secondary N) is 1. The lowest BCUT2D eigenvalue weighted by atomic mass is 10.1. The second-order valence-electron chi connectivity index (χ2n) is 5.79. The quantitative estimate of drug-likeness (QED) is 0.734. The molecule has 0 aliphatic carbocycles. The molecule has 0 aliphatic heterocycles. The maximum Gasteiger partial charge on any atom is 0.271 e. The Morgan fingerprint density at radius 3 is 2.56 bits per heavy atom. The van der Waals surface area contributed by atoms with Crippen LogP contribution in [0, 0.1) is 25.7 Å². The molecule has 0 aliphatic rings. The zero-order valence-electron chi connectivity index (χ0n) is 14.5. The molecular formula is C21H19N3O. The van der Waals surface area contributed by atoms with Gasteiger partial charge in [0.05, 0.1) is 5.69 Å². The van der Waals surface area contributed by atoms with Gasteiger partial charge in [-0.1, -0.05) is 30.0 Å². The van der Waals surface area contributed by atoms with Gasteiger partial charge in [0, 0.05) is 24.4 Å². The number of hydrogen-bond acceptors (Lipinski definition) is 2. The second-order valence-corrected chi connectivity index (χ2v) is 5.79. The molecule has 0 radical (unpaired) electrons.